The summed E-state index contributed by atoms with van der Waals surface area (Å²) in [5.74, 6) is 1.33. The highest BCUT2D eigenvalue weighted by atomic mass is 32.2. The highest BCUT2D eigenvalue weighted by Gasteiger charge is 2.41. The molecule has 1 saturated heterocycles. The summed E-state index contributed by atoms with van der Waals surface area (Å²) in [6, 6.07) is 5.41. The minimum Gasteiger partial charge on any atom is -0.497 e. The molecule has 0 radical (unpaired) electrons. The van der Waals surface area contributed by atoms with Gasteiger partial charge in [-0.1, -0.05) is 12.8 Å². The van der Waals surface area contributed by atoms with Crippen molar-refractivity contribution in [3.05, 3.63) is 35.5 Å². The first-order valence-electron chi connectivity index (χ1n) is 13.1. The minimum atomic E-state index is -1.31. The molecule has 2 fully saturated rings. The first kappa shape index (κ1) is 27.1. The summed E-state index contributed by atoms with van der Waals surface area (Å²) in [4.78, 5) is 19.6. The van der Waals surface area contributed by atoms with E-state index in [4.69, 9.17) is 10.5 Å². The number of fused-ring (bicyclic) bond motifs is 1. The van der Waals surface area contributed by atoms with Crippen molar-refractivity contribution >= 4 is 28.6 Å². The molecule has 1 aliphatic heterocycles. The van der Waals surface area contributed by atoms with E-state index in [2.05, 4.69) is 21.6 Å². The molecule has 2 aromatic rings. The number of alkyl halides is 1. The maximum atomic E-state index is 15.9. The number of piperidine rings is 1. The Morgan fingerprint density at radius 1 is 1.36 bits per heavy atom. The van der Waals surface area contributed by atoms with E-state index in [9.17, 15) is 10.0 Å². The van der Waals surface area contributed by atoms with Crippen LogP contribution in [-0.2, 0) is 11.3 Å². The number of amides is 1. The summed E-state index contributed by atoms with van der Waals surface area (Å²) in [7, 11) is 1.57. The van der Waals surface area contributed by atoms with Crippen LogP contribution in [0.2, 0.25) is 0 Å². The standard InChI is InChI=1S/C27H39FN4O3S/c1-35-20-6-7-24-22(16-20)25(19(17-29)18-30-24)23(28)8-9-27(26(33)31-34)10-12-32(13-11-27)14-15-36-21-4-2-3-5-21/h6-7,16,18,21,23,34H,2-5,8-15,17,29H2,1H3,(H,31,33). The lowest BCUT2D eigenvalue weighted by molar-refractivity contribution is -0.143. The highest BCUT2D eigenvalue weighted by molar-refractivity contribution is 7.99. The summed E-state index contributed by atoms with van der Waals surface area (Å²) in [6.07, 6.45) is 7.41. The third-order valence-corrected chi connectivity index (χ3v) is 9.43. The predicted molar refractivity (Wildman–Crippen MR) is 142 cm³/mol. The number of hydrogen-bond donors (Lipinski definition) is 3. The molecule has 0 bridgehead atoms. The number of carbonyl (C=O) groups excluding carboxylic acids is 1. The number of benzene rings is 1. The van der Waals surface area contributed by atoms with Gasteiger partial charge < -0.3 is 15.4 Å². The van der Waals surface area contributed by atoms with Gasteiger partial charge in [-0.3, -0.25) is 15.0 Å². The molecule has 36 heavy (non-hydrogen) atoms. The van der Waals surface area contributed by atoms with E-state index in [1.807, 2.05) is 11.5 Å². The first-order valence-corrected chi connectivity index (χ1v) is 14.1. The molecule has 4 rings (SSSR count). The predicted octanol–water partition coefficient (Wildman–Crippen LogP) is 4.76. The molecule has 1 aliphatic carbocycles. The molecule has 0 spiro atoms. The number of pyridine rings is 1. The Kier molecular flexibility index (Phi) is 9.44. The van der Waals surface area contributed by atoms with Crippen LogP contribution in [0.4, 0.5) is 4.39 Å². The van der Waals surface area contributed by atoms with E-state index < -0.39 is 17.5 Å². The summed E-state index contributed by atoms with van der Waals surface area (Å²) >= 11 is 2.07. The summed E-state index contributed by atoms with van der Waals surface area (Å²) in [5.41, 5.74) is 8.87. The largest absolute Gasteiger partial charge is 0.497 e. The Balaban J connectivity index is 1.42. The highest BCUT2D eigenvalue weighted by Crippen LogP contribution is 2.41. The monoisotopic (exact) mass is 518 g/mol. The lowest BCUT2D eigenvalue weighted by Gasteiger charge is -2.40. The Labute approximate surface area is 217 Å². The van der Waals surface area contributed by atoms with Gasteiger partial charge in [-0.25, -0.2) is 9.87 Å². The van der Waals surface area contributed by atoms with Crippen molar-refractivity contribution in [2.75, 3.05) is 32.5 Å². The van der Waals surface area contributed by atoms with Gasteiger partial charge in [0.2, 0.25) is 5.91 Å². The minimum absolute atomic E-state index is 0.161. The van der Waals surface area contributed by atoms with Crippen molar-refractivity contribution < 1.29 is 19.1 Å². The van der Waals surface area contributed by atoms with Gasteiger partial charge in [0.05, 0.1) is 18.0 Å². The molecular formula is C27H39FN4O3S. The van der Waals surface area contributed by atoms with Gasteiger partial charge >= 0.3 is 0 Å². The van der Waals surface area contributed by atoms with Gasteiger partial charge in [-0.2, -0.15) is 11.8 Å². The molecule has 1 saturated carbocycles. The third-order valence-electron chi connectivity index (χ3n) is 8.07. The molecular weight excluding hydrogens is 479 g/mol. The van der Waals surface area contributed by atoms with Crippen LogP contribution in [0, 0.1) is 5.41 Å². The zero-order valence-electron chi connectivity index (χ0n) is 21.2. The van der Waals surface area contributed by atoms with E-state index in [0.29, 0.717) is 47.0 Å². The molecule has 1 aromatic heterocycles. The van der Waals surface area contributed by atoms with Gasteiger partial charge in [0.1, 0.15) is 11.9 Å². The molecule has 1 aromatic carbocycles. The second kappa shape index (κ2) is 12.5. The Hall–Kier alpha value is -1.94. The van der Waals surface area contributed by atoms with E-state index in [0.717, 1.165) is 30.6 Å². The quantitative estimate of drug-likeness (QED) is 0.291. The number of ether oxygens (including phenoxy) is 1. The normalized spacial score (nSPS) is 19.4. The fourth-order valence-electron chi connectivity index (χ4n) is 5.76. The van der Waals surface area contributed by atoms with E-state index in [1.165, 1.54) is 25.7 Å². The number of hydroxylamine groups is 1. The number of methoxy groups -OCH3 is 1. The molecule has 7 nitrogen and oxygen atoms in total. The van der Waals surface area contributed by atoms with Gasteiger partial charge in [0.25, 0.3) is 0 Å². The third kappa shape index (κ3) is 6.13. The Bertz CT molecular complexity index is 1020. The number of carbonyl (C=O) groups is 1. The number of rotatable bonds is 11. The van der Waals surface area contributed by atoms with Crippen LogP contribution in [0.5, 0.6) is 5.75 Å². The lowest BCUT2D eigenvalue weighted by Crippen LogP contribution is -2.48. The Morgan fingerprint density at radius 3 is 2.78 bits per heavy atom. The molecule has 2 heterocycles. The number of halogens is 1. The van der Waals surface area contributed by atoms with Crippen LogP contribution in [0.15, 0.2) is 24.4 Å². The van der Waals surface area contributed by atoms with E-state index in [1.54, 1.807) is 25.4 Å². The summed E-state index contributed by atoms with van der Waals surface area (Å²) < 4.78 is 21.2. The van der Waals surface area contributed by atoms with Crippen molar-refractivity contribution in [3.8, 4) is 5.75 Å². The topological polar surface area (TPSA) is 101 Å². The number of thioether (sulfide) groups is 1. The van der Waals surface area contributed by atoms with Crippen LogP contribution >= 0.6 is 11.8 Å². The molecule has 2 aliphatic rings. The summed E-state index contributed by atoms with van der Waals surface area (Å²) in [6.45, 7) is 2.73. The van der Waals surface area contributed by atoms with Crippen LogP contribution < -0.4 is 16.0 Å². The molecule has 4 N–H and O–H groups in total. The number of likely N-dealkylation sites (tertiary alicyclic amines) is 1. The molecule has 1 unspecified atom stereocenters. The van der Waals surface area contributed by atoms with Crippen molar-refractivity contribution in [3.63, 3.8) is 0 Å². The number of nitrogens with two attached hydrogens (primary N) is 1. The van der Waals surface area contributed by atoms with Crippen molar-refractivity contribution in [2.24, 2.45) is 11.1 Å². The fourth-order valence-corrected chi connectivity index (χ4v) is 7.12. The second-order valence-electron chi connectivity index (χ2n) is 10.1. The number of aromatic nitrogens is 1. The fraction of sp³-hybridized carbons (Fsp3) is 0.630. The van der Waals surface area contributed by atoms with Crippen molar-refractivity contribution in [2.45, 2.75) is 69.3 Å². The number of hydrogen-bond acceptors (Lipinski definition) is 7. The Morgan fingerprint density at radius 2 is 2.11 bits per heavy atom. The number of nitrogens with one attached hydrogen (secondary N) is 1. The van der Waals surface area contributed by atoms with Gasteiger partial charge in [0, 0.05) is 41.2 Å². The van der Waals surface area contributed by atoms with Crippen LogP contribution in [0.1, 0.15) is 68.7 Å². The zero-order valence-corrected chi connectivity index (χ0v) is 22.0. The molecule has 1 amide bonds. The smallest absolute Gasteiger partial charge is 0.249 e. The van der Waals surface area contributed by atoms with Gasteiger partial charge in [-0.15, -0.1) is 0 Å². The molecule has 198 valence electrons. The average molecular weight is 519 g/mol. The summed E-state index contributed by atoms with van der Waals surface area (Å²) in [5, 5.41) is 11.0. The van der Waals surface area contributed by atoms with Gasteiger partial charge in [-0.05, 0) is 75.4 Å². The van der Waals surface area contributed by atoms with E-state index >= 15 is 4.39 Å². The van der Waals surface area contributed by atoms with Crippen LogP contribution in [0.25, 0.3) is 10.9 Å². The molecule has 9 heteroatoms. The second-order valence-corrected chi connectivity index (χ2v) is 11.5. The number of nitrogens with zero attached hydrogens (tertiary/aromatic N) is 2. The van der Waals surface area contributed by atoms with Crippen molar-refractivity contribution in [1.29, 1.82) is 0 Å². The van der Waals surface area contributed by atoms with Crippen LogP contribution in [-0.4, -0.2) is 58.7 Å². The first-order chi connectivity index (χ1) is 17.5. The SMILES string of the molecule is COc1ccc2ncc(CN)c(C(F)CCC3(C(=O)NO)CCN(CCSC4CCCC4)CC3)c2c1. The lowest BCUT2D eigenvalue weighted by atomic mass is 9.73. The maximum Gasteiger partial charge on any atom is 0.249 e. The van der Waals surface area contributed by atoms with E-state index in [-0.39, 0.29) is 13.0 Å². The van der Waals surface area contributed by atoms with Crippen molar-refractivity contribution in [1.82, 2.24) is 15.4 Å². The zero-order chi connectivity index (χ0) is 25.5. The maximum absolute atomic E-state index is 15.9. The average Bonchev–Trinajstić information content (AvgIpc) is 3.44. The van der Waals surface area contributed by atoms with Crippen LogP contribution in [0.3, 0.4) is 0 Å². The molecule has 1 atom stereocenters. The van der Waals surface area contributed by atoms with Gasteiger partial charge in [0.15, 0.2) is 0 Å².